The predicted octanol–water partition coefficient (Wildman–Crippen LogP) is 1.01. The van der Waals surface area contributed by atoms with Crippen LogP contribution in [0.3, 0.4) is 0 Å². The van der Waals surface area contributed by atoms with Gasteiger partial charge in [0.1, 0.15) is 0 Å². The van der Waals surface area contributed by atoms with Gasteiger partial charge < -0.3 is 0 Å². The van der Waals surface area contributed by atoms with Crippen molar-refractivity contribution in [2.45, 2.75) is 26.3 Å². The van der Waals surface area contributed by atoms with Gasteiger partial charge in [-0.05, 0) is 13.3 Å². The van der Waals surface area contributed by atoms with Crippen LogP contribution in [0, 0.1) is 7.05 Å². The summed E-state index contributed by atoms with van der Waals surface area (Å²) in [7, 11) is 5.52. The molecule has 0 saturated carbocycles. The molecule has 1 N–H and O–H groups in total. The molecule has 1 atom stereocenters. The highest BCUT2D eigenvalue weighted by Crippen LogP contribution is 1.94. The molecule has 49 valence electrons. The second-order valence-electron chi connectivity index (χ2n) is 2.03. The highest BCUT2D eigenvalue weighted by atomic mass is 15.5. The number of hydrogen-bond donors (Lipinski definition) is 1. The maximum absolute atomic E-state index is 3.53. The zero-order valence-electron chi connectivity index (χ0n) is 5.94. The SMILES string of the molecule is [CH2]NN(C)C(C)CC. The first-order valence-corrected chi connectivity index (χ1v) is 2.98. The summed E-state index contributed by atoms with van der Waals surface area (Å²) < 4.78 is 0. The predicted molar refractivity (Wildman–Crippen MR) is 36.0 cm³/mol. The van der Waals surface area contributed by atoms with Crippen LogP contribution >= 0.6 is 0 Å². The third-order valence-corrected chi connectivity index (χ3v) is 1.50. The van der Waals surface area contributed by atoms with Crippen LogP contribution < -0.4 is 5.43 Å². The zero-order valence-corrected chi connectivity index (χ0v) is 5.94. The van der Waals surface area contributed by atoms with Crippen LogP contribution in [0.4, 0.5) is 0 Å². The molecule has 0 aromatic carbocycles. The lowest BCUT2D eigenvalue weighted by molar-refractivity contribution is 0.200. The second-order valence-corrected chi connectivity index (χ2v) is 2.03. The number of nitrogens with zero attached hydrogens (tertiary/aromatic N) is 1. The smallest absolute Gasteiger partial charge is 0.0242 e. The first kappa shape index (κ1) is 7.92. The normalized spacial score (nSPS) is 14.6. The molecule has 0 aliphatic carbocycles. The molecule has 0 bridgehead atoms. The van der Waals surface area contributed by atoms with Crippen molar-refractivity contribution in [3.63, 3.8) is 0 Å². The summed E-state index contributed by atoms with van der Waals surface area (Å²) in [6.07, 6.45) is 1.15. The largest absolute Gasteiger partial charge is 0.254 e. The van der Waals surface area contributed by atoms with E-state index in [4.69, 9.17) is 0 Å². The fourth-order valence-corrected chi connectivity index (χ4v) is 0.430. The van der Waals surface area contributed by atoms with Gasteiger partial charge >= 0.3 is 0 Å². The monoisotopic (exact) mass is 115 g/mol. The fraction of sp³-hybridized carbons (Fsp3) is 0.833. The summed E-state index contributed by atoms with van der Waals surface area (Å²) in [6, 6.07) is 0.576. The van der Waals surface area contributed by atoms with Crippen LogP contribution in [0.2, 0.25) is 0 Å². The zero-order chi connectivity index (χ0) is 6.57. The van der Waals surface area contributed by atoms with Crippen LogP contribution in [0.5, 0.6) is 0 Å². The van der Waals surface area contributed by atoms with Crippen LogP contribution in [0.15, 0.2) is 0 Å². The van der Waals surface area contributed by atoms with Crippen molar-refractivity contribution in [3.8, 4) is 0 Å². The molecule has 0 saturated heterocycles. The summed E-state index contributed by atoms with van der Waals surface area (Å²) in [5, 5.41) is 1.99. The van der Waals surface area contributed by atoms with Crippen molar-refractivity contribution >= 4 is 0 Å². The second kappa shape index (κ2) is 3.87. The topological polar surface area (TPSA) is 15.3 Å². The van der Waals surface area contributed by atoms with Crippen molar-refractivity contribution in [2.75, 3.05) is 7.05 Å². The van der Waals surface area contributed by atoms with Crippen molar-refractivity contribution in [3.05, 3.63) is 7.05 Å². The number of nitrogens with one attached hydrogen (secondary N) is 1. The van der Waals surface area contributed by atoms with Gasteiger partial charge in [-0.1, -0.05) is 6.92 Å². The van der Waals surface area contributed by atoms with E-state index in [9.17, 15) is 0 Å². The lowest BCUT2D eigenvalue weighted by atomic mass is 10.3. The highest BCUT2D eigenvalue weighted by Gasteiger charge is 2.01. The Morgan fingerprint density at radius 3 is 2.38 bits per heavy atom. The molecular weight excluding hydrogens is 100 g/mol. The summed E-state index contributed by atoms with van der Waals surface area (Å²) >= 11 is 0. The molecule has 1 unspecified atom stereocenters. The van der Waals surface area contributed by atoms with E-state index >= 15 is 0 Å². The summed E-state index contributed by atoms with van der Waals surface area (Å²) in [5.41, 5.74) is 2.80. The molecule has 0 aromatic rings. The van der Waals surface area contributed by atoms with Gasteiger partial charge in [0.25, 0.3) is 0 Å². The Balaban J connectivity index is 3.29. The van der Waals surface area contributed by atoms with Crippen LogP contribution in [-0.4, -0.2) is 18.1 Å². The van der Waals surface area contributed by atoms with Gasteiger partial charge in [-0.2, -0.15) is 0 Å². The molecule has 0 aliphatic rings. The van der Waals surface area contributed by atoms with Crippen LogP contribution in [0.25, 0.3) is 0 Å². The molecule has 0 heterocycles. The van der Waals surface area contributed by atoms with Gasteiger partial charge in [-0.15, -0.1) is 0 Å². The van der Waals surface area contributed by atoms with E-state index in [1.54, 1.807) is 0 Å². The van der Waals surface area contributed by atoms with Gasteiger partial charge in [0.15, 0.2) is 0 Å². The molecule has 2 heteroatoms. The van der Waals surface area contributed by atoms with E-state index < -0.39 is 0 Å². The molecule has 0 rings (SSSR count). The van der Waals surface area contributed by atoms with Crippen molar-refractivity contribution < 1.29 is 0 Å². The molecule has 0 fully saturated rings. The lowest BCUT2D eigenvalue weighted by Crippen LogP contribution is -2.36. The molecular formula is C6H15N2. The summed E-state index contributed by atoms with van der Waals surface area (Å²) in [6.45, 7) is 4.30. The van der Waals surface area contributed by atoms with E-state index in [0.717, 1.165) is 6.42 Å². The molecule has 1 radical (unpaired) electrons. The van der Waals surface area contributed by atoms with E-state index in [1.807, 2.05) is 12.1 Å². The maximum atomic E-state index is 3.53. The van der Waals surface area contributed by atoms with Gasteiger partial charge in [-0.25, -0.2) is 5.01 Å². The quantitative estimate of drug-likeness (QED) is 0.552. The van der Waals surface area contributed by atoms with Gasteiger partial charge in [0, 0.05) is 20.1 Å². The van der Waals surface area contributed by atoms with Gasteiger partial charge in [0.05, 0.1) is 0 Å². The van der Waals surface area contributed by atoms with Crippen molar-refractivity contribution in [1.82, 2.24) is 10.4 Å². The standard InChI is InChI=1S/C6H15N2/c1-5-6(2)8(4)7-3/h6-7H,3,5H2,1-2,4H3. The van der Waals surface area contributed by atoms with Gasteiger partial charge in [-0.3, -0.25) is 5.43 Å². The molecule has 2 nitrogen and oxygen atoms in total. The van der Waals surface area contributed by atoms with E-state index in [0.29, 0.717) is 6.04 Å². The minimum absolute atomic E-state index is 0.576. The van der Waals surface area contributed by atoms with E-state index in [-0.39, 0.29) is 0 Å². The minimum Gasteiger partial charge on any atom is -0.254 e. The molecule has 0 aromatic heterocycles. The highest BCUT2D eigenvalue weighted by molar-refractivity contribution is 4.54. The first-order valence-electron chi connectivity index (χ1n) is 2.98. The third-order valence-electron chi connectivity index (χ3n) is 1.50. The van der Waals surface area contributed by atoms with Gasteiger partial charge in [0.2, 0.25) is 0 Å². The average molecular weight is 115 g/mol. The molecule has 0 amide bonds. The van der Waals surface area contributed by atoms with Crippen molar-refractivity contribution in [1.29, 1.82) is 0 Å². The minimum atomic E-state index is 0.576. The Kier molecular flexibility index (Phi) is 3.83. The molecule has 8 heavy (non-hydrogen) atoms. The Labute approximate surface area is 51.8 Å². The Hall–Kier alpha value is -0.0800. The Morgan fingerprint density at radius 2 is 2.25 bits per heavy atom. The third kappa shape index (κ3) is 2.28. The van der Waals surface area contributed by atoms with Crippen molar-refractivity contribution in [2.24, 2.45) is 0 Å². The number of hydrogen-bond acceptors (Lipinski definition) is 2. The van der Waals surface area contributed by atoms with E-state index in [2.05, 4.69) is 26.3 Å². The Bertz CT molecular complexity index is 46.5. The molecule has 0 aliphatic heterocycles. The number of rotatable bonds is 3. The molecule has 0 spiro atoms. The summed E-state index contributed by atoms with van der Waals surface area (Å²) in [4.78, 5) is 0. The van der Waals surface area contributed by atoms with Crippen LogP contribution in [0.1, 0.15) is 20.3 Å². The summed E-state index contributed by atoms with van der Waals surface area (Å²) in [5.74, 6) is 0. The Morgan fingerprint density at radius 1 is 1.75 bits per heavy atom. The average Bonchev–Trinajstić information content (AvgIpc) is 1.84. The van der Waals surface area contributed by atoms with Crippen LogP contribution in [-0.2, 0) is 0 Å². The van der Waals surface area contributed by atoms with E-state index in [1.165, 1.54) is 0 Å². The first-order chi connectivity index (χ1) is 3.72. The lowest BCUT2D eigenvalue weighted by Gasteiger charge is -2.21. The maximum Gasteiger partial charge on any atom is 0.0242 e. The number of hydrazine groups is 1. The fourth-order valence-electron chi connectivity index (χ4n) is 0.430.